The zero-order chi connectivity index (χ0) is 14.5. The van der Waals surface area contributed by atoms with Crippen LogP contribution in [0, 0.1) is 5.92 Å². The maximum absolute atomic E-state index is 11.7. The number of hydrogen-bond donors (Lipinski definition) is 3. The van der Waals surface area contributed by atoms with E-state index in [1.807, 2.05) is 13.8 Å². The highest BCUT2D eigenvalue weighted by atomic mass is 32.1. The Bertz CT molecular complexity index is 591. The fourth-order valence-electron chi connectivity index (χ4n) is 1.38. The van der Waals surface area contributed by atoms with E-state index in [4.69, 9.17) is 0 Å². The lowest BCUT2D eigenvalue weighted by atomic mass is 10.2. The normalized spacial score (nSPS) is 10.6. The van der Waals surface area contributed by atoms with Gasteiger partial charge in [0.2, 0.25) is 11.8 Å². The van der Waals surface area contributed by atoms with Crippen LogP contribution in [0.5, 0.6) is 0 Å². The van der Waals surface area contributed by atoms with Gasteiger partial charge >= 0.3 is 0 Å². The molecule has 0 spiro atoms. The van der Waals surface area contributed by atoms with Crippen LogP contribution in [0.25, 0.3) is 0 Å². The van der Waals surface area contributed by atoms with Gasteiger partial charge in [0.05, 0.1) is 24.0 Å². The number of hydrogen-bond acceptors (Lipinski definition) is 5. The van der Waals surface area contributed by atoms with Gasteiger partial charge < -0.3 is 10.6 Å². The minimum atomic E-state index is -0.182. The molecule has 2 aromatic heterocycles. The Hall–Kier alpha value is -2.22. The van der Waals surface area contributed by atoms with Crippen molar-refractivity contribution >= 4 is 34.0 Å². The topological polar surface area (TPSA) is 99.8 Å². The van der Waals surface area contributed by atoms with Crippen molar-refractivity contribution in [1.29, 1.82) is 0 Å². The molecule has 0 radical (unpaired) electrons. The molecule has 2 aromatic rings. The quantitative estimate of drug-likeness (QED) is 0.780. The van der Waals surface area contributed by atoms with Crippen molar-refractivity contribution in [1.82, 2.24) is 15.2 Å². The number of nitrogens with zero attached hydrogens (tertiary/aromatic N) is 2. The number of nitrogens with one attached hydrogen (secondary N) is 3. The highest BCUT2D eigenvalue weighted by Crippen LogP contribution is 2.17. The standard InChI is InChI=1S/C12H15N5O2S/c1-7(2)11(19)17-12-16-8(6-20-12)3-10(18)15-9-4-13-14-5-9/h4-7H,3H2,1-2H3,(H,13,14)(H,15,18)(H,16,17,19). The number of H-pyrrole nitrogens is 1. The van der Waals surface area contributed by atoms with E-state index in [2.05, 4.69) is 25.8 Å². The molecule has 20 heavy (non-hydrogen) atoms. The first-order chi connectivity index (χ1) is 9.54. The van der Waals surface area contributed by atoms with Crippen molar-refractivity contribution in [3.05, 3.63) is 23.5 Å². The molecule has 2 rings (SSSR count). The van der Waals surface area contributed by atoms with Crippen LogP contribution in [-0.2, 0) is 16.0 Å². The Kier molecular flexibility index (Phi) is 4.46. The Morgan fingerprint density at radius 1 is 1.40 bits per heavy atom. The number of aromatic nitrogens is 3. The van der Waals surface area contributed by atoms with E-state index >= 15 is 0 Å². The predicted molar refractivity (Wildman–Crippen MR) is 76.5 cm³/mol. The van der Waals surface area contributed by atoms with E-state index in [1.54, 1.807) is 11.6 Å². The number of thiazole rings is 1. The van der Waals surface area contributed by atoms with E-state index < -0.39 is 0 Å². The van der Waals surface area contributed by atoms with E-state index in [9.17, 15) is 9.59 Å². The van der Waals surface area contributed by atoms with Crippen LogP contribution in [0.1, 0.15) is 19.5 Å². The fraction of sp³-hybridized carbons (Fsp3) is 0.333. The third-order valence-corrected chi connectivity index (χ3v) is 3.24. The summed E-state index contributed by atoms with van der Waals surface area (Å²) in [6.45, 7) is 3.62. The lowest BCUT2D eigenvalue weighted by Gasteiger charge is -2.03. The van der Waals surface area contributed by atoms with Crippen molar-refractivity contribution in [2.45, 2.75) is 20.3 Å². The van der Waals surface area contributed by atoms with Gasteiger partial charge in [-0.15, -0.1) is 11.3 Å². The van der Waals surface area contributed by atoms with Crippen molar-refractivity contribution in [3.63, 3.8) is 0 Å². The van der Waals surface area contributed by atoms with Crippen LogP contribution in [0.4, 0.5) is 10.8 Å². The molecule has 0 aliphatic heterocycles. The molecule has 0 fully saturated rings. The van der Waals surface area contributed by atoms with E-state index in [0.29, 0.717) is 16.5 Å². The Balaban J connectivity index is 1.89. The van der Waals surface area contributed by atoms with Gasteiger partial charge in [-0.3, -0.25) is 14.7 Å². The van der Waals surface area contributed by atoms with Crippen LogP contribution in [0.15, 0.2) is 17.8 Å². The lowest BCUT2D eigenvalue weighted by molar-refractivity contribution is -0.119. The molecular weight excluding hydrogens is 278 g/mol. The molecule has 0 saturated heterocycles. The monoisotopic (exact) mass is 293 g/mol. The summed E-state index contributed by atoms with van der Waals surface area (Å²) in [7, 11) is 0. The zero-order valence-corrected chi connectivity index (χ0v) is 12.0. The SMILES string of the molecule is CC(C)C(=O)Nc1nc(CC(=O)Nc2cn[nH]c2)cs1. The second-order valence-corrected chi connectivity index (χ2v) is 5.36. The number of amides is 2. The molecule has 0 unspecified atom stereocenters. The minimum Gasteiger partial charge on any atom is -0.323 e. The van der Waals surface area contributed by atoms with E-state index in [0.717, 1.165) is 0 Å². The Morgan fingerprint density at radius 2 is 2.20 bits per heavy atom. The second kappa shape index (κ2) is 6.29. The molecule has 0 aromatic carbocycles. The highest BCUT2D eigenvalue weighted by Gasteiger charge is 2.12. The van der Waals surface area contributed by atoms with Crippen LogP contribution < -0.4 is 10.6 Å². The lowest BCUT2D eigenvalue weighted by Crippen LogP contribution is -2.18. The third kappa shape index (κ3) is 3.89. The van der Waals surface area contributed by atoms with Crippen LogP contribution in [0.2, 0.25) is 0 Å². The van der Waals surface area contributed by atoms with Crippen molar-refractivity contribution in [2.75, 3.05) is 10.6 Å². The fourth-order valence-corrected chi connectivity index (χ4v) is 2.10. The van der Waals surface area contributed by atoms with Crippen LogP contribution in [-0.4, -0.2) is 27.0 Å². The van der Waals surface area contributed by atoms with Gasteiger partial charge in [-0.25, -0.2) is 4.98 Å². The number of aromatic amines is 1. The van der Waals surface area contributed by atoms with E-state index in [1.165, 1.54) is 17.5 Å². The van der Waals surface area contributed by atoms with Gasteiger partial charge in [0.1, 0.15) is 0 Å². The van der Waals surface area contributed by atoms with Crippen molar-refractivity contribution in [2.24, 2.45) is 5.92 Å². The zero-order valence-electron chi connectivity index (χ0n) is 11.1. The summed E-state index contributed by atoms with van der Waals surface area (Å²) in [6.07, 6.45) is 3.26. The molecule has 3 N–H and O–H groups in total. The van der Waals surface area contributed by atoms with Gasteiger partial charge in [0.25, 0.3) is 0 Å². The molecule has 0 aliphatic carbocycles. The summed E-state index contributed by atoms with van der Waals surface area (Å²) in [4.78, 5) is 27.5. The molecule has 106 valence electrons. The molecule has 2 amide bonds. The van der Waals surface area contributed by atoms with Gasteiger partial charge in [-0.05, 0) is 0 Å². The Morgan fingerprint density at radius 3 is 2.85 bits per heavy atom. The summed E-state index contributed by atoms with van der Waals surface area (Å²) in [5.74, 6) is -0.376. The molecule has 7 nitrogen and oxygen atoms in total. The van der Waals surface area contributed by atoms with Gasteiger partial charge in [-0.1, -0.05) is 13.8 Å². The Labute approximate surface area is 119 Å². The predicted octanol–water partition coefficient (Wildman–Crippen LogP) is 1.64. The number of rotatable bonds is 5. The molecular formula is C12H15N5O2S. The number of anilines is 2. The summed E-state index contributed by atoms with van der Waals surface area (Å²) in [5, 5.41) is 14.0. The minimum absolute atomic E-state index is 0.0891. The molecule has 2 heterocycles. The third-order valence-electron chi connectivity index (χ3n) is 2.43. The van der Waals surface area contributed by atoms with Gasteiger partial charge in [0.15, 0.2) is 5.13 Å². The maximum atomic E-state index is 11.7. The molecule has 8 heteroatoms. The number of carbonyl (C=O) groups is 2. The van der Waals surface area contributed by atoms with Gasteiger partial charge in [0, 0.05) is 17.5 Å². The maximum Gasteiger partial charge on any atom is 0.230 e. The van der Waals surface area contributed by atoms with Gasteiger partial charge in [-0.2, -0.15) is 5.10 Å². The average Bonchev–Trinajstić information content (AvgIpc) is 3.01. The van der Waals surface area contributed by atoms with E-state index in [-0.39, 0.29) is 24.2 Å². The molecule has 0 bridgehead atoms. The second-order valence-electron chi connectivity index (χ2n) is 4.50. The van der Waals surface area contributed by atoms with Crippen molar-refractivity contribution < 1.29 is 9.59 Å². The first kappa shape index (κ1) is 14.2. The molecule has 0 aliphatic rings. The van der Waals surface area contributed by atoms with Crippen molar-refractivity contribution in [3.8, 4) is 0 Å². The summed E-state index contributed by atoms with van der Waals surface area (Å²) < 4.78 is 0. The molecule has 0 saturated carbocycles. The summed E-state index contributed by atoms with van der Waals surface area (Å²) in [6, 6.07) is 0. The number of carbonyl (C=O) groups excluding carboxylic acids is 2. The van der Waals surface area contributed by atoms with Crippen LogP contribution >= 0.6 is 11.3 Å². The first-order valence-electron chi connectivity index (χ1n) is 6.08. The first-order valence-corrected chi connectivity index (χ1v) is 6.96. The molecule has 0 atom stereocenters. The van der Waals surface area contributed by atoms with Crippen LogP contribution in [0.3, 0.4) is 0 Å². The smallest absolute Gasteiger partial charge is 0.230 e. The average molecular weight is 293 g/mol. The largest absolute Gasteiger partial charge is 0.323 e. The summed E-state index contributed by atoms with van der Waals surface area (Å²) >= 11 is 1.30. The summed E-state index contributed by atoms with van der Waals surface area (Å²) in [5.41, 5.74) is 1.23. The highest BCUT2D eigenvalue weighted by molar-refractivity contribution is 7.13.